The summed E-state index contributed by atoms with van der Waals surface area (Å²) in [6, 6.07) is 14.6. The fraction of sp³-hybridized carbons (Fsp3) is 0.333. The summed E-state index contributed by atoms with van der Waals surface area (Å²) in [5, 5.41) is 8.72. The van der Waals surface area contributed by atoms with Crippen LogP contribution >= 0.6 is 0 Å². The number of carbonyl (C=O) groups excluding carboxylic acids is 1. The number of hydrogen-bond donors (Lipinski definition) is 1. The Bertz CT molecular complexity index is 889. The van der Waals surface area contributed by atoms with Crippen LogP contribution in [-0.4, -0.2) is 21.7 Å². The first-order chi connectivity index (χ1) is 12.2. The summed E-state index contributed by atoms with van der Waals surface area (Å²) in [5.41, 5.74) is 4.17. The van der Waals surface area contributed by atoms with Crippen molar-refractivity contribution in [3.63, 3.8) is 0 Å². The second-order valence-electron chi connectivity index (χ2n) is 7.02. The Labute approximate surface area is 147 Å². The number of aromatic nitrogens is 2. The fourth-order valence-corrected chi connectivity index (χ4v) is 3.54. The van der Waals surface area contributed by atoms with Gasteiger partial charge in [0.2, 0.25) is 0 Å². The van der Waals surface area contributed by atoms with E-state index in [0.29, 0.717) is 18.2 Å². The maximum absolute atomic E-state index is 12.5. The van der Waals surface area contributed by atoms with E-state index < -0.39 is 0 Å². The largest absolute Gasteiger partial charge is 0.349 e. The lowest BCUT2D eigenvalue weighted by molar-refractivity contribution is 0.0938. The Kier molecular flexibility index (Phi) is 4.26. The van der Waals surface area contributed by atoms with Crippen molar-refractivity contribution < 1.29 is 4.79 Å². The molecule has 3 aromatic rings. The van der Waals surface area contributed by atoms with Gasteiger partial charge < -0.3 is 5.32 Å². The summed E-state index contributed by atoms with van der Waals surface area (Å²) in [6.45, 7) is 2.79. The summed E-state index contributed by atoms with van der Waals surface area (Å²) < 4.78 is 1.96. The lowest BCUT2D eigenvalue weighted by Gasteiger charge is -2.12. The van der Waals surface area contributed by atoms with Crippen molar-refractivity contribution in [1.29, 1.82) is 0 Å². The van der Waals surface area contributed by atoms with Crippen LogP contribution in [-0.2, 0) is 6.54 Å². The molecule has 1 aromatic heterocycles. The molecule has 2 aromatic carbocycles. The number of amides is 1. The van der Waals surface area contributed by atoms with Crippen molar-refractivity contribution in [2.75, 3.05) is 0 Å². The molecule has 4 rings (SSSR count). The minimum atomic E-state index is 0.0249. The molecule has 1 aliphatic carbocycles. The number of hydrogen-bond acceptors (Lipinski definition) is 2. The van der Waals surface area contributed by atoms with Gasteiger partial charge in [0, 0.05) is 17.0 Å². The predicted octanol–water partition coefficient (Wildman–Crippen LogP) is 4.07. The van der Waals surface area contributed by atoms with Crippen molar-refractivity contribution in [2.24, 2.45) is 0 Å². The standard InChI is InChI=1S/C21H23N3O/c1-15-6-8-16(9-7-15)14-24-20-12-17(10-11-18(20)13-22-24)21(25)23-19-4-2-3-5-19/h6-13,19H,2-5,14H2,1H3,(H,23,25). The molecule has 0 radical (unpaired) electrons. The third-order valence-corrected chi connectivity index (χ3v) is 5.05. The van der Waals surface area contributed by atoms with E-state index >= 15 is 0 Å². The first-order valence-electron chi connectivity index (χ1n) is 9.01. The summed E-state index contributed by atoms with van der Waals surface area (Å²) in [5.74, 6) is 0.0249. The van der Waals surface area contributed by atoms with Crippen LogP contribution in [0, 0.1) is 6.92 Å². The second-order valence-corrected chi connectivity index (χ2v) is 7.02. The molecule has 1 fully saturated rings. The predicted molar refractivity (Wildman–Crippen MR) is 99.7 cm³/mol. The van der Waals surface area contributed by atoms with E-state index in [0.717, 1.165) is 23.7 Å². The highest BCUT2D eigenvalue weighted by molar-refractivity contribution is 5.98. The van der Waals surface area contributed by atoms with Gasteiger partial charge in [0.15, 0.2) is 0 Å². The average molecular weight is 333 g/mol. The molecular weight excluding hydrogens is 310 g/mol. The number of nitrogens with zero attached hydrogens (tertiary/aromatic N) is 2. The van der Waals surface area contributed by atoms with E-state index in [2.05, 4.69) is 41.6 Å². The van der Waals surface area contributed by atoms with E-state index in [9.17, 15) is 4.79 Å². The molecule has 0 aliphatic heterocycles. The van der Waals surface area contributed by atoms with Crippen molar-refractivity contribution in [1.82, 2.24) is 15.1 Å². The molecule has 1 aliphatic rings. The second kappa shape index (κ2) is 6.71. The number of rotatable bonds is 4. The van der Waals surface area contributed by atoms with E-state index in [1.165, 1.54) is 24.0 Å². The molecule has 1 N–H and O–H groups in total. The van der Waals surface area contributed by atoms with Gasteiger partial charge in [-0.1, -0.05) is 48.7 Å². The number of carbonyl (C=O) groups is 1. The Morgan fingerprint density at radius 3 is 2.68 bits per heavy atom. The maximum atomic E-state index is 12.5. The third-order valence-electron chi connectivity index (χ3n) is 5.05. The maximum Gasteiger partial charge on any atom is 0.251 e. The smallest absolute Gasteiger partial charge is 0.251 e. The van der Waals surface area contributed by atoms with Gasteiger partial charge in [0.05, 0.1) is 18.3 Å². The highest BCUT2D eigenvalue weighted by atomic mass is 16.1. The summed E-state index contributed by atoms with van der Waals surface area (Å²) in [6.07, 6.45) is 6.49. The summed E-state index contributed by atoms with van der Waals surface area (Å²) >= 11 is 0. The molecule has 1 saturated carbocycles. The molecule has 1 amide bonds. The van der Waals surface area contributed by atoms with Crippen LogP contribution < -0.4 is 5.32 Å². The highest BCUT2D eigenvalue weighted by Gasteiger charge is 2.18. The van der Waals surface area contributed by atoms with Crippen molar-refractivity contribution in [3.05, 3.63) is 65.4 Å². The Hall–Kier alpha value is -2.62. The highest BCUT2D eigenvalue weighted by Crippen LogP contribution is 2.20. The zero-order valence-electron chi connectivity index (χ0n) is 14.5. The van der Waals surface area contributed by atoms with Gasteiger partial charge in [-0.3, -0.25) is 9.48 Å². The minimum Gasteiger partial charge on any atom is -0.349 e. The van der Waals surface area contributed by atoms with E-state index in [1.54, 1.807) is 0 Å². The SMILES string of the molecule is Cc1ccc(Cn2ncc3ccc(C(=O)NC4CCCC4)cc32)cc1. The zero-order chi connectivity index (χ0) is 17.2. The first kappa shape index (κ1) is 15.9. The van der Waals surface area contributed by atoms with Gasteiger partial charge in [-0.05, 0) is 37.5 Å². The van der Waals surface area contributed by atoms with Crippen molar-refractivity contribution in [2.45, 2.75) is 45.2 Å². The lowest BCUT2D eigenvalue weighted by atomic mass is 10.1. The van der Waals surface area contributed by atoms with Gasteiger partial charge >= 0.3 is 0 Å². The number of nitrogens with one attached hydrogen (secondary N) is 1. The van der Waals surface area contributed by atoms with Gasteiger partial charge in [-0.15, -0.1) is 0 Å². The molecule has 0 unspecified atom stereocenters. The molecule has 25 heavy (non-hydrogen) atoms. The quantitative estimate of drug-likeness (QED) is 0.782. The van der Waals surface area contributed by atoms with Gasteiger partial charge in [0.1, 0.15) is 0 Å². The first-order valence-corrected chi connectivity index (χ1v) is 9.01. The molecular formula is C21H23N3O. The van der Waals surface area contributed by atoms with Gasteiger partial charge in [-0.2, -0.15) is 5.10 Å². The Morgan fingerprint density at radius 1 is 1.16 bits per heavy atom. The summed E-state index contributed by atoms with van der Waals surface area (Å²) in [7, 11) is 0. The lowest BCUT2D eigenvalue weighted by Crippen LogP contribution is -2.32. The third kappa shape index (κ3) is 3.43. The molecule has 4 heteroatoms. The van der Waals surface area contributed by atoms with Crippen LogP contribution in [0.2, 0.25) is 0 Å². The van der Waals surface area contributed by atoms with Gasteiger partial charge in [0.25, 0.3) is 5.91 Å². The molecule has 0 spiro atoms. The van der Waals surface area contributed by atoms with Crippen molar-refractivity contribution in [3.8, 4) is 0 Å². The van der Waals surface area contributed by atoms with E-state index in [-0.39, 0.29) is 5.91 Å². The number of benzene rings is 2. The van der Waals surface area contributed by atoms with Crippen LogP contribution in [0.5, 0.6) is 0 Å². The Morgan fingerprint density at radius 2 is 1.92 bits per heavy atom. The molecule has 4 nitrogen and oxygen atoms in total. The molecule has 0 bridgehead atoms. The molecule has 0 saturated heterocycles. The van der Waals surface area contributed by atoms with Gasteiger partial charge in [-0.25, -0.2) is 0 Å². The molecule has 0 atom stereocenters. The number of aryl methyl sites for hydroxylation is 1. The summed E-state index contributed by atoms with van der Waals surface area (Å²) in [4.78, 5) is 12.5. The van der Waals surface area contributed by atoms with E-state index in [4.69, 9.17) is 0 Å². The monoisotopic (exact) mass is 333 g/mol. The topological polar surface area (TPSA) is 46.9 Å². The Balaban J connectivity index is 1.58. The number of fused-ring (bicyclic) bond motifs is 1. The van der Waals surface area contributed by atoms with Crippen molar-refractivity contribution >= 4 is 16.8 Å². The van der Waals surface area contributed by atoms with Crippen LogP contribution in [0.3, 0.4) is 0 Å². The van der Waals surface area contributed by atoms with Crippen LogP contribution in [0.25, 0.3) is 10.9 Å². The van der Waals surface area contributed by atoms with Crippen LogP contribution in [0.1, 0.15) is 47.2 Å². The molecule has 128 valence electrons. The van der Waals surface area contributed by atoms with Crippen LogP contribution in [0.15, 0.2) is 48.7 Å². The minimum absolute atomic E-state index is 0.0249. The average Bonchev–Trinajstić information content (AvgIpc) is 3.26. The normalized spacial score (nSPS) is 14.9. The van der Waals surface area contributed by atoms with Crippen LogP contribution in [0.4, 0.5) is 0 Å². The van der Waals surface area contributed by atoms with E-state index in [1.807, 2.05) is 29.1 Å². The zero-order valence-corrected chi connectivity index (χ0v) is 14.5. The molecule has 1 heterocycles. The fourth-order valence-electron chi connectivity index (χ4n) is 3.54.